The highest BCUT2D eigenvalue weighted by atomic mass is 35.5. The normalized spacial score (nSPS) is 17.3. The highest BCUT2D eigenvalue weighted by Gasteiger charge is 2.30. The Kier molecular flexibility index (Phi) is 5.73. The van der Waals surface area contributed by atoms with Crippen LogP contribution in [0.4, 0.5) is 5.13 Å². The van der Waals surface area contributed by atoms with Crippen molar-refractivity contribution in [2.45, 2.75) is 18.9 Å². The van der Waals surface area contributed by atoms with Crippen LogP contribution in [-0.4, -0.2) is 65.0 Å². The van der Waals surface area contributed by atoms with Crippen molar-refractivity contribution in [1.82, 2.24) is 20.0 Å². The van der Waals surface area contributed by atoms with Crippen molar-refractivity contribution in [1.29, 1.82) is 0 Å². The van der Waals surface area contributed by atoms with Crippen molar-refractivity contribution < 1.29 is 9.59 Å². The largest absolute Gasteiger partial charge is 0.348 e. The molecule has 3 rings (SSSR count). The Balaban J connectivity index is 1.66. The smallest absolute Gasteiger partial charge is 0.245 e. The lowest BCUT2D eigenvalue weighted by molar-refractivity contribution is -0.141. The highest BCUT2D eigenvalue weighted by Crippen LogP contribution is 2.28. The van der Waals surface area contributed by atoms with Crippen molar-refractivity contribution >= 4 is 39.9 Å². The summed E-state index contributed by atoms with van der Waals surface area (Å²) in [7, 11) is 3.37. The van der Waals surface area contributed by atoms with E-state index in [1.165, 1.54) is 16.2 Å². The number of rotatable bonds is 5. The van der Waals surface area contributed by atoms with E-state index in [1.54, 1.807) is 31.1 Å². The molecule has 1 atom stereocenters. The summed E-state index contributed by atoms with van der Waals surface area (Å²) in [6, 6.07) is 6.98. The fraction of sp³-hybridized carbons (Fsp3) is 0.412. The van der Waals surface area contributed by atoms with E-state index in [0.717, 1.165) is 17.0 Å². The van der Waals surface area contributed by atoms with Crippen LogP contribution >= 0.6 is 22.9 Å². The number of benzene rings is 1. The van der Waals surface area contributed by atoms with Crippen LogP contribution in [0.5, 0.6) is 0 Å². The minimum atomic E-state index is -0.385. The van der Waals surface area contributed by atoms with Crippen LogP contribution in [0.15, 0.2) is 24.3 Å². The molecule has 2 heterocycles. The maximum absolute atomic E-state index is 12.6. The number of anilines is 1. The van der Waals surface area contributed by atoms with Crippen molar-refractivity contribution in [3.8, 4) is 10.6 Å². The molecule has 1 aromatic carbocycles. The van der Waals surface area contributed by atoms with Gasteiger partial charge in [0.25, 0.3) is 0 Å². The van der Waals surface area contributed by atoms with Gasteiger partial charge in [0.15, 0.2) is 0 Å². The van der Waals surface area contributed by atoms with E-state index in [2.05, 4.69) is 15.5 Å². The maximum atomic E-state index is 12.6. The molecule has 1 saturated heterocycles. The highest BCUT2D eigenvalue weighted by molar-refractivity contribution is 7.18. The standard InChI is InChI=1S/C17H20ClN5O2S/c1-22(2)14(24)10-23-9-3-4-13(16(23)25)19-17-21-20-15(26-17)11-5-7-12(18)8-6-11/h5-8,13H,3-4,9-10H2,1-2H3,(H,19,21). The third kappa shape index (κ3) is 4.31. The molecule has 0 saturated carbocycles. The van der Waals surface area contributed by atoms with Gasteiger partial charge in [0, 0.05) is 31.2 Å². The van der Waals surface area contributed by atoms with Gasteiger partial charge in [-0.05, 0) is 25.0 Å². The number of aromatic nitrogens is 2. The van der Waals surface area contributed by atoms with E-state index in [-0.39, 0.29) is 24.4 Å². The Morgan fingerprint density at radius 1 is 1.35 bits per heavy atom. The fourth-order valence-corrected chi connectivity index (χ4v) is 3.60. The van der Waals surface area contributed by atoms with Gasteiger partial charge in [-0.25, -0.2) is 0 Å². The summed E-state index contributed by atoms with van der Waals surface area (Å²) in [6.45, 7) is 0.707. The first-order chi connectivity index (χ1) is 12.4. The van der Waals surface area contributed by atoms with Crippen LogP contribution in [0.3, 0.4) is 0 Å². The minimum Gasteiger partial charge on any atom is -0.348 e. The summed E-state index contributed by atoms with van der Waals surface area (Å²) in [6.07, 6.45) is 1.55. The molecule has 0 radical (unpaired) electrons. The van der Waals surface area contributed by atoms with E-state index < -0.39 is 0 Å². The Morgan fingerprint density at radius 3 is 2.77 bits per heavy atom. The number of piperidine rings is 1. The molecule has 0 bridgehead atoms. The average Bonchev–Trinajstić information content (AvgIpc) is 3.07. The van der Waals surface area contributed by atoms with Crippen LogP contribution < -0.4 is 5.32 Å². The molecule has 2 aromatic rings. The number of halogens is 1. The Bertz CT molecular complexity index is 793. The van der Waals surface area contributed by atoms with E-state index in [1.807, 2.05) is 12.1 Å². The van der Waals surface area contributed by atoms with Gasteiger partial charge < -0.3 is 15.1 Å². The second-order valence-corrected chi connectivity index (χ2v) is 7.72. The molecule has 0 spiro atoms. The molecular formula is C17H20ClN5O2S. The first-order valence-electron chi connectivity index (χ1n) is 8.29. The number of amides is 2. The Labute approximate surface area is 161 Å². The summed E-state index contributed by atoms with van der Waals surface area (Å²) < 4.78 is 0. The van der Waals surface area contributed by atoms with Crippen molar-refractivity contribution in [2.75, 3.05) is 32.5 Å². The average molecular weight is 394 g/mol. The van der Waals surface area contributed by atoms with Crippen LogP contribution in [-0.2, 0) is 9.59 Å². The quantitative estimate of drug-likeness (QED) is 0.843. The summed E-state index contributed by atoms with van der Waals surface area (Å²) >= 11 is 7.29. The zero-order valence-corrected chi connectivity index (χ0v) is 16.2. The predicted molar refractivity (Wildman–Crippen MR) is 102 cm³/mol. The number of carbonyl (C=O) groups excluding carboxylic acids is 2. The lowest BCUT2D eigenvalue weighted by Crippen LogP contribution is -2.50. The molecule has 1 aliphatic rings. The summed E-state index contributed by atoms with van der Waals surface area (Å²) in [5.41, 5.74) is 0.924. The summed E-state index contributed by atoms with van der Waals surface area (Å²) in [4.78, 5) is 27.6. The number of likely N-dealkylation sites (tertiary alicyclic amines) is 1. The lowest BCUT2D eigenvalue weighted by Gasteiger charge is -2.32. The van der Waals surface area contributed by atoms with Gasteiger partial charge in [0.1, 0.15) is 11.0 Å². The third-order valence-electron chi connectivity index (χ3n) is 4.17. The first kappa shape index (κ1) is 18.6. The number of hydrogen-bond donors (Lipinski definition) is 1. The molecule has 26 heavy (non-hydrogen) atoms. The number of hydrogen-bond acceptors (Lipinski definition) is 6. The molecule has 1 N–H and O–H groups in total. The summed E-state index contributed by atoms with van der Waals surface area (Å²) in [5, 5.41) is 13.5. The molecule has 1 unspecified atom stereocenters. The Hall–Kier alpha value is -2.19. The predicted octanol–water partition coefficient (Wildman–Crippen LogP) is 2.35. The Morgan fingerprint density at radius 2 is 2.08 bits per heavy atom. The molecule has 7 nitrogen and oxygen atoms in total. The molecule has 9 heteroatoms. The second-order valence-electron chi connectivity index (χ2n) is 6.31. The van der Waals surface area contributed by atoms with Crippen LogP contribution in [0, 0.1) is 0 Å². The van der Waals surface area contributed by atoms with Gasteiger partial charge in [-0.1, -0.05) is 35.1 Å². The molecule has 2 amide bonds. The monoisotopic (exact) mass is 393 g/mol. The van der Waals surface area contributed by atoms with Gasteiger partial charge in [-0.2, -0.15) is 0 Å². The van der Waals surface area contributed by atoms with Gasteiger partial charge in [-0.3, -0.25) is 9.59 Å². The van der Waals surface area contributed by atoms with E-state index in [4.69, 9.17) is 11.6 Å². The van der Waals surface area contributed by atoms with E-state index in [0.29, 0.717) is 23.1 Å². The summed E-state index contributed by atoms with van der Waals surface area (Å²) in [5.74, 6) is -0.158. The van der Waals surface area contributed by atoms with Gasteiger partial charge in [0.2, 0.25) is 16.9 Å². The maximum Gasteiger partial charge on any atom is 0.245 e. The number of nitrogens with zero attached hydrogens (tertiary/aromatic N) is 4. The van der Waals surface area contributed by atoms with Crippen molar-refractivity contribution in [2.24, 2.45) is 0 Å². The topological polar surface area (TPSA) is 78.4 Å². The number of likely N-dealkylation sites (N-methyl/N-ethyl adjacent to an activating group) is 1. The number of nitrogens with one attached hydrogen (secondary N) is 1. The zero-order chi connectivity index (χ0) is 18.7. The van der Waals surface area contributed by atoms with Crippen LogP contribution in [0.2, 0.25) is 5.02 Å². The molecule has 1 aromatic heterocycles. The molecule has 1 aliphatic heterocycles. The van der Waals surface area contributed by atoms with E-state index >= 15 is 0 Å². The molecule has 138 valence electrons. The van der Waals surface area contributed by atoms with Crippen LogP contribution in [0.1, 0.15) is 12.8 Å². The second kappa shape index (κ2) is 8.01. The molecule has 0 aliphatic carbocycles. The SMILES string of the molecule is CN(C)C(=O)CN1CCCC(Nc2nnc(-c3ccc(Cl)cc3)s2)C1=O. The first-order valence-corrected chi connectivity index (χ1v) is 9.48. The van der Waals surface area contributed by atoms with Gasteiger partial charge >= 0.3 is 0 Å². The molecule has 1 fully saturated rings. The van der Waals surface area contributed by atoms with Crippen molar-refractivity contribution in [3.63, 3.8) is 0 Å². The van der Waals surface area contributed by atoms with Crippen molar-refractivity contribution in [3.05, 3.63) is 29.3 Å². The minimum absolute atomic E-state index is 0.0744. The number of carbonyl (C=O) groups is 2. The van der Waals surface area contributed by atoms with E-state index in [9.17, 15) is 9.59 Å². The van der Waals surface area contributed by atoms with Gasteiger partial charge in [0.05, 0.1) is 6.54 Å². The third-order valence-corrected chi connectivity index (χ3v) is 5.32. The fourth-order valence-electron chi connectivity index (χ4n) is 2.68. The zero-order valence-electron chi connectivity index (χ0n) is 14.6. The van der Waals surface area contributed by atoms with Gasteiger partial charge in [-0.15, -0.1) is 10.2 Å². The molecular weight excluding hydrogens is 374 g/mol. The van der Waals surface area contributed by atoms with Crippen LogP contribution in [0.25, 0.3) is 10.6 Å². The lowest BCUT2D eigenvalue weighted by atomic mass is 10.1.